The zero-order valence-corrected chi connectivity index (χ0v) is 24.9. The average Bonchev–Trinajstić information content (AvgIpc) is 3.61. The first kappa shape index (κ1) is 31.2. The number of oxime groups is 1. The Morgan fingerprint density at radius 2 is 1.93 bits per heavy atom. The van der Waals surface area contributed by atoms with Crippen LogP contribution >= 0.6 is 23.1 Å². The van der Waals surface area contributed by atoms with Gasteiger partial charge in [-0.15, -0.1) is 23.1 Å². The molecule has 18 heteroatoms. The first-order valence-corrected chi connectivity index (χ1v) is 15.0. The normalized spacial score (nSPS) is 20.6. The number of carboxylic acids is 2. The molecular weight excluding hydrogens is 632 g/mol. The first-order valence-electron chi connectivity index (χ1n) is 13.1. The van der Waals surface area contributed by atoms with Gasteiger partial charge in [-0.2, -0.15) is 0 Å². The molecule has 0 spiro atoms. The van der Waals surface area contributed by atoms with Crippen molar-refractivity contribution in [3.63, 3.8) is 0 Å². The van der Waals surface area contributed by atoms with Crippen molar-refractivity contribution in [3.05, 3.63) is 63.8 Å². The number of allylic oxidation sites excluding steroid dienone is 1. The van der Waals surface area contributed by atoms with Crippen LogP contribution in [-0.4, -0.2) is 104 Å². The Hall–Kier alpha value is -5.23. The Kier molecular flexibility index (Phi) is 8.87. The third-order valence-electron chi connectivity index (χ3n) is 6.87. The number of carbonyl (C=O) groups excluding carboxylic acids is 4. The predicted octanol–water partition coefficient (Wildman–Crippen LogP) is 0.277. The van der Waals surface area contributed by atoms with Gasteiger partial charge in [0.05, 0.1) is 7.11 Å². The molecule has 45 heavy (non-hydrogen) atoms. The number of aliphatic carboxylic acids is 2. The zero-order chi connectivity index (χ0) is 32.4. The Morgan fingerprint density at radius 1 is 1.20 bits per heavy atom. The minimum Gasteiger partial charge on any atom is -0.497 e. The van der Waals surface area contributed by atoms with Gasteiger partial charge in [0.2, 0.25) is 6.61 Å². The van der Waals surface area contributed by atoms with E-state index in [1.165, 1.54) is 30.7 Å². The van der Waals surface area contributed by atoms with Crippen molar-refractivity contribution in [1.82, 2.24) is 20.1 Å². The van der Waals surface area contributed by atoms with E-state index in [9.17, 15) is 33.9 Å². The van der Waals surface area contributed by atoms with Gasteiger partial charge in [0.15, 0.2) is 10.8 Å². The number of carboxylic acid groups (broad SMARTS) is 2. The standard InChI is InChI=1S/C27H24N6O10S2/c1-42-15-4-2-12(3-5-15)22(37)32-7-6-13(23(32)38)8-14-10-44-25-19(24(39)33(25)20(14)26(40)41)30-21(36)18(31-43-9-17(34)35)16-11-45-27(28)29-16/h2-5,8,11,19,25H,6-7,9-10H2,1H3,(H2,28,29)(H,30,36)(H,34,35)(H,40,41)/t19-,25-/m1/s1. The predicted molar refractivity (Wildman–Crippen MR) is 158 cm³/mol. The third kappa shape index (κ3) is 6.22. The molecule has 2 fully saturated rings. The number of nitrogen functional groups attached to an aromatic ring is 1. The Balaban J connectivity index is 1.32. The number of nitrogens with zero attached hydrogens (tertiary/aromatic N) is 4. The second kappa shape index (κ2) is 12.8. The number of fused-ring (bicyclic) bond motifs is 1. The van der Waals surface area contributed by atoms with Crippen molar-refractivity contribution in [1.29, 1.82) is 0 Å². The van der Waals surface area contributed by atoms with E-state index in [2.05, 4.69) is 15.5 Å². The fourth-order valence-electron chi connectivity index (χ4n) is 4.76. The number of aromatic nitrogens is 1. The van der Waals surface area contributed by atoms with Crippen molar-refractivity contribution in [3.8, 4) is 5.75 Å². The molecule has 0 saturated carbocycles. The van der Waals surface area contributed by atoms with E-state index in [-0.39, 0.29) is 52.0 Å². The molecule has 2 aromatic rings. The summed E-state index contributed by atoms with van der Waals surface area (Å²) in [5.74, 6) is -4.85. The first-order chi connectivity index (χ1) is 21.5. The van der Waals surface area contributed by atoms with Crippen LogP contribution in [0.15, 0.2) is 57.7 Å². The van der Waals surface area contributed by atoms with Crippen molar-refractivity contribution in [2.75, 3.05) is 31.7 Å². The number of hydrogen-bond donors (Lipinski definition) is 4. The highest BCUT2D eigenvalue weighted by Crippen LogP contribution is 2.41. The molecule has 1 aromatic carbocycles. The van der Waals surface area contributed by atoms with E-state index in [1.54, 1.807) is 12.1 Å². The quantitative estimate of drug-likeness (QED) is 0.0886. The molecule has 0 unspecified atom stereocenters. The molecular formula is C27H24N6O10S2. The van der Waals surface area contributed by atoms with Gasteiger partial charge in [-0.05, 0) is 42.3 Å². The highest BCUT2D eigenvalue weighted by molar-refractivity contribution is 8.00. The summed E-state index contributed by atoms with van der Waals surface area (Å²) in [6.07, 6.45) is 1.58. The second-order valence-electron chi connectivity index (χ2n) is 9.63. The number of anilines is 1. The number of nitrogens with two attached hydrogens (primary N) is 1. The van der Waals surface area contributed by atoms with E-state index in [0.29, 0.717) is 5.75 Å². The van der Waals surface area contributed by atoms with Crippen LogP contribution in [0.1, 0.15) is 22.5 Å². The number of ether oxygens (including phenoxy) is 1. The summed E-state index contributed by atoms with van der Waals surface area (Å²) < 4.78 is 5.09. The second-order valence-corrected chi connectivity index (χ2v) is 11.6. The van der Waals surface area contributed by atoms with Gasteiger partial charge in [-0.25, -0.2) is 14.6 Å². The lowest BCUT2D eigenvalue weighted by atomic mass is 10.0. The summed E-state index contributed by atoms with van der Waals surface area (Å²) in [5.41, 5.74) is 5.55. The van der Waals surface area contributed by atoms with Crippen molar-refractivity contribution >= 4 is 69.5 Å². The Bertz CT molecular complexity index is 1700. The molecule has 4 amide bonds. The molecule has 5 rings (SSSR count). The van der Waals surface area contributed by atoms with Crippen LogP contribution in [0, 0.1) is 0 Å². The summed E-state index contributed by atoms with van der Waals surface area (Å²) in [5, 5.41) is 25.6. The molecule has 4 heterocycles. The van der Waals surface area contributed by atoms with Gasteiger partial charge in [0.1, 0.15) is 28.6 Å². The Labute approximate surface area is 262 Å². The summed E-state index contributed by atoms with van der Waals surface area (Å²) in [7, 11) is 1.49. The highest BCUT2D eigenvalue weighted by atomic mass is 32.2. The molecule has 1 aromatic heterocycles. The maximum atomic E-state index is 13.2. The van der Waals surface area contributed by atoms with E-state index >= 15 is 0 Å². The lowest BCUT2D eigenvalue weighted by Gasteiger charge is -2.49. The van der Waals surface area contributed by atoms with Gasteiger partial charge in [0.25, 0.3) is 23.6 Å². The van der Waals surface area contributed by atoms with Gasteiger partial charge in [0, 0.05) is 28.8 Å². The van der Waals surface area contributed by atoms with Crippen LogP contribution in [0.2, 0.25) is 0 Å². The van der Waals surface area contributed by atoms with Crippen molar-refractivity contribution in [2.45, 2.75) is 17.8 Å². The van der Waals surface area contributed by atoms with E-state index in [1.807, 2.05) is 0 Å². The number of benzene rings is 1. The minimum atomic E-state index is -1.41. The number of imide groups is 1. The van der Waals surface area contributed by atoms with Crippen LogP contribution in [0.5, 0.6) is 5.75 Å². The van der Waals surface area contributed by atoms with Crippen LogP contribution in [0.4, 0.5) is 5.13 Å². The number of rotatable bonds is 10. The van der Waals surface area contributed by atoms with E-state index < -0.39 is 59.3 Å². The van der Waals surface area contributed by atoms with Gasteiger partial charge in [-0.1, -0.05) is 5.16 Å². The summed E-state index contributed by atoms with van der Waals surface area (Å²) >= 11 is 2.15. The summed E-state index contributed by atoms with van der Waals surface area (Å²) in [6.45, 7) is -0.742. The number of hydrogen-bond acceptors (Lipinski definition) is 13. The highest BCUT2D eigenvalue weighted by Gasteiger charge is 2.54. The number of amides is 4. The fraction of sp³-hybridized carbons (Fsp3) is 0.259. The number of methoxy groups -OCH3 is 1. The van der Waals surface area contributed by atoms with Crippen LogP contribution < -0.4 is 15.8 Å². The molecule has 234 valence electrons. The van der Waals surface area contributed by atoms with Crippen molar-refractivity contribution in [2.24, 2.45) is 5.16 Å². The number of carbonyl (C=O) groups is 6. The summed E-state index contributed by atoms with van der Waals surface area (Å²) in [6, 6.07) is 5.11. The molecule has 0 aliphatic carbocycles. The number of nitrogens with one attached hydrogen (secondary N) is 1. The molecule has 0 radical (unpaired) electrons. The lowest BCUT2D eigenvalue weighted by molar-refractivity contribution is -0.150. The SMILES string of the molecule is COc1ccc(C(=O)N2CCC(=CC3=C(C(=O)O)N4C(=O)[C@@H](NC(=O)C(=NOCC(=O)O)c5csc(N)n5)[C@H]4SC3)C2=O)cc1. The molecule has 5 N–H and O–H groups in total. The minimum absolute atomic E-state index is 0.0129. The maximum Gasteiger partial charge on any atom is 0.352 e. The number of thiazole rings is 1. The van der Waals surface area contributed by atoms with E-state index in [4.69, 9.17) is 20.4 Å². The fourth-order valence-corrected chi connectivity index (χ4v) is 6.61. The largest absolute Gasteiger partial charge is 0.497 e. The van der Waals surface area contributed by atoms with Crippen molar-refractivity contribution < 1.29 is 48.6 Å². The van der Waals surface area contributed by atoms with E-state index in [0.717, 1.165) is 32.9 Å². The maximum absolute atomic E-state index is 13.2. The number of likely N-dealkylation sites (tertiary alicyclic amines) is 1. The van der Waals surface area contributed by atoms with Gasteiger partial charge in [-0.3, -0.25) is 29.0 Å². The Morgan fingerprint density at radius 3 is 2.56 bits per heavy atom. The van der Waals surface area contributed by atoms with Gasteiger partial charge < -0.3 is 30.8 Å². The molecule has 0 bridgehead atoms. The summed E-state index contributed by atoms with van der Waals surface area (Å²) in [4.78, 5) is 86.2. The smallest absolute Gasteiger partial charge is 0.352 e. The molecule has 2 atom stereocenters. The lowest BCUT2D eigenvalue weighted by Crippen LogP contribution is -2.71. The van der Waals surface area contributed by atoms with Crippen LogP contribution in [0.3, 0.4) is 0 Å². The van der Waals surface area contributed by atoms with Crippen LogP contribution in [-0.2, 0) is 28.8 Å². The molecule has 3 aliphatic rings. The zero-order valence-electron chi connectivity index (χ0n) is 23.3. The number of thioether (sulfide) groups is 1. The third-order valence-corrected chi connectivity index (χ3v) is 8.84. The number of β-lactam (4-membered cyclic amide) rings is 1. The molecule has 16 nitrogen and oxygen atoms in total. The average molecular weight is 657 g/mol. The van der Waals surface area contributed by atoms with Gasteiger partial charge >= 0.3 is 11.9 Å². The topological polar surface area (TPSA) is 231 Å². The monoisotopic (exact) mass is 656 g/mol. The van der Waals surface area contributed by atoms with Crippen LogP contribution in [0.25, 0.3) is 0 Å². The molecule has 3 aliphatic heterocycles. The molecule has 2 saturated heterocycles.